The van der Waals surface area contributed by atoms with Crippen LogP contribution in [0, 0.1) is 6.92 Å². The molecule has 1 aromatic rings. The highest BCUT2D eigenvalue weighted by Gasteiger charge is 2.09. The molecule has 15 heavy (non-hydrogen) atoms. The predicted molar refractivity (Wildman–Crippen MR) is 71.8 cm³/mol. The van der Waals surface area contributed by atoms with Crippen molar-refractivity contribution in [1.29, 1.82) is 0 Å². The van der Waals surface area contributed by atoms with Crippen molar-refractivity contribution in [3.8, 4) is 0 Å². The highest BCUT2D eigenvalue weighted by molar-refractivity contribution is 8.16. The average Bonchev–Trinajstić information content (AvgIpc) is 2.61. The van der Waals surface area contributed by atoms with Crippen LogP contribution in [0.4, 0.5) is 0 Å². The van der Waals surface area contributed by atoms with E-state index in [0.717, 1.165) is 22.5 Å². The lowest BCUT2D eigenvalue weighted by Gasteiger charge is -2.13. The number of aryl methyl sites for hydroxylation is 2. The van der Waals surface area contributed by atoms with E-state index < -0.39 is 0 Å². The molecule has 3 heteroatoms. The molecule has 0 N–H and O–H groups in total. The molecule has 0 aliphatic carbocycles. The summed E-state index contributed by atoms with van der Waals surface area (Å²) in [6.07, 6.45) is 2.28. The summed E-state index contributed by atoms with van der Waals surface area (Å²) in [7, 11) is 0. The van der Waals surface area contributed by atoms with Crippen molar-refractivity contribution in [3.63, 3.8) is 0 Å². The molecule has 86 valence electrons. The van der Waals surface area contributed by atoms with Gasteiger partial charge in [0, 0.05) is 6.42 Å². The molecule has 0 saturated heterocycles. The fourth-order valence-electron chi connectivity index (χ4n) is 1.47. The van der Waals surface area contributed by atoms with Gasteiger partial charge in [0.05, 0.1) is 4.58 Å². The van der Waals surface area contributed by atoms with Gasteiger partial charge in [-0.25, -0.2) is 0 Å². The van der Waals surface area contributed by atoms with Gasteiger partial charge in [0.2, 0.25) is 0 Å². The lowest BCUT2D eigenvalue weighted by atomic mass is 10.3. The molecule has 0 fully saturated rings. The van der Waals surface area contributed by atoms with Crippen molar-refractivity contribution in [1.82, 2.24) is 0 Å². The van der Waals surface area contributed by atoms with Gasteiger partial charge < -0.3 is 4.42 Å². The van der Waals surface area contributed by atoms with Crippen LogP contribution in [-0.2, 0) is 6.42 Å². The fraction of sp³-hybridized carbons (Fsp3) is 0.667. The first-order valence-electron chi connectivity index (χ1n) is 5.54. The van der Waals surface area contributed by atoms with Crippen LogP contribution in [0.3, 0.4) is 0 Å². The van der Waals surface area contributed by atoms with Gasteiger partial charge in [-0.2, -0.15) is 0 Å². The third-order valence-corrected chi connectivity index (χ3v) is 4.83. The van der Waals surface area contributed by atoms with Crippen LogP contribution in [-0.4, -0.2) is 16.1 Å². The van der Waals surface area contributed by atoms with Crippen LogP contribution in [0.5, 0.6) is 0 Å². The van der Waals surface area contributed by atoms with Crippen LogP contribution < -0.4 is 0 Å². The first kappa shape index (κ1) is 13.0. The monoisotopic (exact) mass is 244 g/mol. The molecule has 0 saturated carbocycles. The summed E-state index contributed by atoms with van der Waals surface area (Å²) in [4.78, 5) is 0. The largest absolute Gasteiger partial charge is 0.466 e. The molecule has 0 aliphatic heterocycles. The van der Waals surface area contributed by atoms with Crippen molar-refractivity contribution in [2.75, 3.05) is 11.5 Å². The minimum absolute atomic E-state index is 0.727. The number of rotatable bonds is 7. The summed E-state index contributed by atoms with van der Waals surface area (Å²) in [6.45, 7) is 6.46. The maximum absolute atomic E-state index is 5.57. The van der Waals surface area contributed by atoms with Crippen LogP contribution in [0.2, 0.25) is 0 Å². The third kappa shape index (κ3) is 5.03. The van der Waals surface area contributed by atoms with E-state index in [-0.39, 0.29) is 0 Å². The molecule has 1 rings (SSSR count). The van der Waals surface area contributed by atoms with Gasteiger partial charge in [-0.05, 0) is 37.0 Å². The average molecular weight is 244 g/mol. The molecular formula is C12H20OS2. The minimum Gasteiger partial charge on any atom is -0.466 e. The molecule has 0 aliphatic rings. The van der Waals surface area contributed by atoms with Crippen LogP contribution >= 0.6 is 23.5 Å². The predicted octanol–water partition coefficient (Wildman–Crippen LogP) is 4.35. The number of hydrogen-bond acceptors (Lipinski definition) is 3. The molecule has 0 radical (unpaired) electrons. The van der Waals surface area contributed by atoms with Gasteiger partial charge >= 0.3 is 0 Å². The van der Waals surface area contributed by atoms with Crippen molar-refractivity contribution >= 4 is 23.5 Å². The molecule has 0 aromatic carbocycles. The molecule has 1 aromatic heterocycles. The Hall–Kier alpha value is -0.0200. The smallest absolute Gasteiger partial charge is 0.104 e. The zero-order chi connectivity index (χ0) is 11.1. The molecule has 0 amide bonds. The second-order valence-electron chi connectivity index (χ2n) is 3.39. The Kier molecular flexibility index (Phi) is 6.34. The second kappa shape index (κ2) is 7.29. The topological polar surface area (TPSA) is 13.1 Å². The van der Waals surface area contributed by atoms with Gasteiger partial charge in [-0.1, -0.05) is 13.8 Å². The Labute approximate surface area is 101 Å². The maximum atomic E-state index is 5.57. The molecule has 0 atom stereocenters. The van der Waals surface area contributed by atoms with E-state index in [1.807, 2.05) is 36.5 Å². The fourth-order valence-corrected chi connectivity index (χ4v) is 3.98. The van der Waals surface area contributed by atoms with Gasteiger partial charge in [0.25, 0.3) is 0 Å². The van der Waals surface area contributed by atoms with E-state index in [9.17, 15) is 0 Å². The van der Waals surface area contributed by atoms with E-state index in [1.165, 1.54) is 17.9 Å². The molecule has 1 heterocycles. The normalized spacial score (nSPS) is 11.2. The summed E-state index contributed by atoms with van der Waals surface area (Å²) < 4.78 is 6.30. The lowest BCUT2D eigenvalue weighted by Crippen LogP contribution is -2.00. The Bertz CT molecular complexity index is 264. The van der Waals surface area contributed by atoms with Gasteiger partial charge in [0.1, 0.15) is 11.5 Å². The lowest BCUT2D eigenvalue weighted by molar-refractivity contribution is 0.480. The maximum Gasteiger partial charge on any atom is 0.104 e. The quantitative estimate of drug-likeness (QED) is 0.662. The number of thioether (sulfide) groups is 2. The van der Waals surface area contributed by atoms with E-state index in [0.29, 0.717) is 0 Å². The van der Waals surface area contributed by atoms with Crippen molar-refractivity contribution in [3.05, 3.63) is 23.7 Å². The van der Waals surface area contributed by atoms with Crippen LogP contribution in [0.1, 0.15) is 31.8 Å². The van der Waals surface area contributed by atoms with Gasteiger partial charge in [0.15, 0.2) is 0 Å². The van der Waals surface area contributed by atoms with E-state index in [4.69, 9.17) is 4.42 Å². The number of hydrogen-bond donors (Lipinski definition) is 0. The van der Waals surface area contributed by atoms with E-state index in [2.05, 4.69) is 19.9 Å². The summed E-state index contributed by atoms with van der Waals surface area (Å²) in [6, 6.07) is 4.14. The standard InChI is InChI=1S/C12H20OS2/c1-4-14-12(15-5-2)9-8-11-7-6-10(3)13-11/h6-7,12H,4-5,8-9H2,1-3H3. The third-order valence-electron chi connectivity index (χ3n) is 2.13. The Morgan fingerprint density at radius 2 is 1.87 bits per heavy atom. The summed E-state index contributed by atoms with van der Waals surface area (Å²) in [5, 5.41) is 0. The Morgan fingerprint density at radius 1 is 1.20 bits per heavy atom. The van der Waals surface area contributed by atoms with Gasteiger partial charge in [-0.15, -0.1) is 23.5 Å². The summed E-state index contributed by atoms with van der Waals surface area (Å²) in [5.74, 6) is 4.56. The van der Waals surface area contributed by atoms with Crippen molar-refractivity contribution in [2.24, 2.45) is 0 Å². The van der Waals surface area contributed by atoms with Crippen molar-refractivity contribution < 1.29 is 4.42 Å². The second-order valence-corrected chi connectivity index (χ2v) is 6.65. The van der Waals surface area contributed by atoms with Crippen molar-refractivity contribution in [2.45, 2.75) is 38.2 Å². The first-order valence-corrected chi connectivity index (χ1v) is 7.64. The minimum atomic E-state index is 0.727. The van der Waals surface area contributed by atoms with E-state index >= 15 is 0 Å². The molecule has 0 bridgehead atoms. The van der Waals surface area contributed by atoms with E-state index in [1.54, 1.807) is 0 Å². The molecule has 1 nitrogen and oxygen atoms in total. The van der Waals surface area contributed by atoms with Gasteiger partial charge in [-0.3, -0.25) is 0 Å². The summed E-state index contributed by atoms with van der Waals surface area (Å²) in [5.41, 5.74) is 0. The zero-order valence-corrected chi connectivity index (χ0v) is 11.4. The van der Waals surface area contributed by atoms with Crippen LogP contribution in [0.25, 0.3) is 0 Å². The highest BCUT2D eigenvalue weighted by atomic mass is 32.2. The zero-order valence-electron chi connectivity index (χ0n) is 9.79. The first-order chi connectivity index (χ1) is 7.26. The summed E-state index contributed by atoms with van der Waals surface area (Å²) >= 11 is 4.10. The van der Waals surface area contributed by atoms with Crippen LogP contribution in [0.15, 0.2) is 16.5 Å². The molecule has 0 unspecified atom stereocenters. The SMILES string of the molecule is CCSC(CCc1ccc(C)o1)SCC. The Morgan fingerprint density at radius 3 is 2.33 bits per heavy atom. The molecular weight excluding hydrogens is 224 g/mol. The Balaban J connectivity index is 2.32. The molecule has 0 spiro atoms. The highest BCUT2D eigenvalue weighted by Crippen LogP contribution is 2.27. The number of furan rings is 1.